The Morgan fingerprint density at radius 2 is 2.53 bits per heavy atom. The summed E-state index contributed by atoms with van der Waals surface area (Å²) in [4.78, 5) is 8.19. The third kappa shape index (κ3) is 2.64. The molecule has 1 atom stereocenters. The van der Waals surface area contributed by atoms with Crippen molar-refractivity contribution in [1.29, 1.82) is 0 Å². The van der Waals surface area contributed by atoms with Crippen LogP contribution in [0.15, 0.2) is 12.3 Å². The van der Waals surface area contributed by atoms with Gasteiger partial charge < -0.3 is 15.2 Å². The molecular weight excluding hydrogens is 194 g/mol. The van der Waals surface area contributed by atoms with Crippen molar-refractivity contribution in [3.63, 3.8) is 0 Å². The molecule has 1 aromatic heterocycles. The van der Waals surface area contributed by atoms with Gasteiger partial charge in [0.15, 0.2) is 0 Å². The molecule has 1 unspecified atom stereocenters. The first-order valence-electron chi connectivity index (χ1n) is 5.02. The maximum absolute atomic E-state index is 9.99. The van der Waals surface area contributed by atoms with Crippen molar-refractivity contribution in [1.82, 2.24) is 9.97 Å². The molecule has 15 heavy (non-hydrogen) atoms. The molecule has 1 saturated heterocycles. The summed E-state index contributed by atoms with van der Waals surface area (Å²) in [6.07, 6.45) is 2.37. The predicted molar refractivity (Wildman–Crippen MR) is 55.6 cm³/mol. The predicted octanol–water partition coefficient (Wildman–Crippen LogP) is 0.348. The molecule has 5 nitrogen and oxygen atoms in total. The van der Waals surface area contributed by atoms with E-state index in [0.717, 1.165) is 11.6 Å². The molecule has 0 saturated carbocycles. The molecule has 0 spiro atoms. The minimum Gasteiger partial charge on any atom is -0.386 e. The zero-order chi connectivity index (χ0) is 10.7. The van der Waals surface area contributed by atoms with E-state index in [4.69, 9.17) is 4.74 Å². The van der Waals surface area contributed by atoms with Crippen LogP contribution in [0.1, 0.15) is 12.2 Å². The largest absolute Gasteiger partial charge is 0.386 e. The van der Waals surface area contributed by atoms with Crippen LogP contribution in [-0.4, -0.2) is 40.4 Å². The van der Waals surface area contributed by atoms with Gasteiger partial charge in [-0.15, -0.1) is 0 Å². The number of hydrogen-bond donors (Lipinski definition) is 2. The summed E-state index contributed by atoms with van der Waals surface area (Å²) in [5, 5.41) is 13.1. The maximum Gasteiger partial charge on any atom is 0.129 e. The van der Waals surface area contributed by atoms with Gasteiger partial charge in [0.05, 0.1) is 6.61 Å². The van der Waals surface area contributed by atoms with E-state index in [0.29, 0.717) is 26.2 Å². The van der Waals surface area contributed by atoms with Gasteiger partial charge >= 0.3 is 0 Å². The average Bonchev–Trinajstić information content (AvgIpc) is 2.63. The second-order valence-electron chi connectivity index (χ2n) is 3.87. The fraction of sp³-hybridized carbons (Fsp3) is 0.600. The molecule has 0 radical (unpaired) electrons. The summed E-state index contributed by atoms with van der Waals surface area (Å²) in [5.41, 5.74) is -0.751. The van der Waals surface area contributed by atoms with Gasteiger partial charge in [-0.3, -0.25) is 0 Å². The Balaban J connectivity index is 1.92. The minimum absolute atomic E-state index is 0.393. The number of rotatable bonds is 3. The van der Waals surface area contributed by atoms with Gasteiger partial charge in [-0.2, -0.15) is 0 Å². The molecule has 0 amide bonds. The van der Waals surface area contributed by atoms with Gasteiger partial charge in [-0.25, -0.2) is 9.97 Å². The van der Waals surface area contributed by atoms with Crippen molar-refractivity contribution < 1.29 is 9.84 Å². The first kappa shape index (κ1) is 10.3. The zero-order valence-corrected chi connectivity index (χ0v) is 8.73. The molecule has 2 heterocycles. The Morgan fingerprint density at radius 3 is 3.20 bits per heavy atom. The van der Waals surface area contributed by atoms with Crippen LogP contribution >= 0.6 is 0 Å². The summed E-state index contributed by atoms with van der Waals surface area (Å²) < 4.78 is 5.15. The topological polar surface area (TPSA) is 67.3 Å². The number of aryl methyl sites for hydroxylation is 1. The SMILES string of the molecule is Cc1nccc(NCC2(O)CCOC2)n1. The van der Waals surface area contributed by atoms with Crippen molar-refractivity contribution in [2.75, 3.05) is 25.1 Å². The van der Waals surface area contributed by atoms with Gasteiger partial charge in [0.1, 0.15) is 17.2 Å². The molecule has 1 aliphatic rings. The van der Waals surface area contributed by atoms with E-state index >= 15 is 0 Å². The molecule has 0 bridgehead atoms. The fourth-order valence-electron chi connectivity index (χ4n) is 1.55. The summed E-state index contributed by atoms with van der Waals surface area (Å²) >= 11 is 0. The summed E-state index contributed by atoms with van der Waals surface area (Å²) in [7, 11) is 0. The van der Waals surface area contributed by atoms with Crippen molar-refractivity contribution in [2.24, 2.45) is 0 Å². The van der Waals surface area contributed by atoms with Crippen LogP contribution < -0.4 is 5.32 Å². The summed E-state index contributed by atoms with van der Waals surface area (Å²) in [6, 6.07) is 1.78. The number of aliphatic hydroxyl groups is 1. The molecule has 1 aliphatic heterocycles. The quantitative estimate of drug-likeness (QED) is 0.751. The number of aromatic nitrogens is 2. The van der Waals surface area contributed by atoms with E-state index in [2.05, 4.69) is 15.3 Å². The van der Waals surface area contributed by atoms with E-state index in [1.807, 2.05) is 6.92 Å². The van der Waals surface area contributed by atoms with Crippen LogP contribution in [-0.2, 0) is 4.74 Å². The van der Waals surface area contributed by atoms with E-state index in [-0.39, 0.29) is 0 Å². The number of anilines is 1. The highest BCUT2D eigenvalue weighted by Crippen LogP contribution is 2.18. The molecule has 0 aromatic carbocycles. The lowest BCUT2D eigenvalue weighted by Gasteiger charge is -2.20. The summed E-state index contributed by atoms with van der Waals surface area (Å²) in [6.45, 7) is 3.31. The van der Waals surface area contributed by atoms with Crippen LogP contribution in [0.25, 0.3) is 0 Å². The van der Waals surface area contributed by atoms with Crippen LogP contribution in [0.2, 0.25) is 0 Å². The van der Waals surface area contributed by atoms with Gasteiger partial charge in [-0.1, -0.05) is 0 Å². The van der Waals surface area contributed by atoms with Gasteiger partial charge in [-0.05, 0) is 13.0 Å². The van der Waals surface area contributed by atoms with Crippen molar-refractivity contribution in [2.45, 2.75) is 18.9 Å². The van der Waals surface area contributed by atoms with Crippen LogP contribution in [0.4, 0.5) is 5.82 Å². The molecule has 82 valence electrons. The van der Waals surface area contributed by atoms with E-state index in [9.17, 15) is 5.11 Å². The van der Waals surface area contributed by atoms with Crippen molar-refractivity contribution in [3.05, 3.63) is 18.1 Å². The lowest BCUT2D eigenvalue weighted by atomic mass is 10.0. The molecule has 1 fully saturated rings. The molecule has 2 rings (SSSR count). The lowest BCUT2D eigenvalue weighted by molar-refractivity contribution is 0.0381. The number of hydrogen-bond acceptors (Lipinski definition) is 5. The van der Waals surface area contributed by atoms with Crippen LogP contribution in [0, 0.1) is 6.92 Å². The third-order valence-corrected chi connectivity index (χ3v) is 2.46. The third-order valence-electron chi connectivity index (χ3n) is 2.46. The number of ether oxygens (including phenoxy) is 1. The Morgan fingerprint density at radius 1 is 1.67 bits per heavy atom. The highest BCUT2D eigenvalue weighted by atomic mass is 16.5. The number of nitrogens with one attached hydrogen (secondary N) is 1. The molecule has 0 aliphatic carbocycles. The normalized spacial score (nSPS) is 25.5. The summed E-state index contributed by atoms with van der Waals surface area (Å²) in [5.74, 6) is 1.46. The second kappa shape index (κ2) is 4.12. The average molecular weight is 209 g/mol. The van der Waals surface area contributed by atoms with Crippen molar-refractivity contribution in [3.8, 4) is 0 Å². The van der Waals surface area contributed by atoms with Gasteiger partial charge in [0.25, 0.3) is 0 Å². The molecule has 2 N–H and O–H groups in total. The van der Waals surface area contributed by atoms with Crippen LogP contribution in [0.3, 0.4) is 0 Å². The van der Waals surface area contributed by atoms with Gasteiger partial charge in [0.2, 0.25) is 0 Å². The highest BCUT2D eigenvalue weighted by molar-refractivity contribution is 5.33. The lowest BCUT2D eigenvalue weighted by Crippen LogP contribution is -2.37. The first-order chi connectivity index (χ1) is 7.18. The van der Waals surface area contributed by atoms with Crippen molar-refractivity contribution >= 4 is 5.82 Å². The Kier molecular flexibility index (Phi) is 2.83. The highest BCUT2D eigenvalue weighted by Gasteiger charge is 2.31. The standard InChI is InChI=1S/C10H15N3O2/c1-8-11-4-2-9(13-8)12-6-10(14)3-5-15-7-10/h2,4,14H,3,5-7H2,1H3,(H,11,12,13). The monoisotopic (exact) mass is 209 g/mol. The Bertz CT molecular complexity index is 337. The van der Waals surface area contributed by atoms with E-state index < -0.39 is 5.60 Å². The minimum atomic E-state index is -0.751. The smallest absolute Gasteiger partial charge is 0.129 e. The van der Waals surface area contributed by atoms with E-state index in [1.165, 1.54) is 0 Å². The fourth-order valence-corrected chi connectivity index (χ4v) is 1.55. The molecular formula is C10H15N3O2. The second-order valence-corrected chi connectivity index (χ2v) is 3.87. The Labute approximate surface area is 88.5 Å². The Hall–Kier alpha value is -1.20. The molecule has 5 heteroatoms. The zero-order valence-electron chi connectivity index (χ0n) is 8.73. The molecule has 1 aromatic rings. The first-order valence-corrected chi connectivity index (χ1v) is 5.02. The van der Waals surface area contributed by atoms with E-state index in [1.54, 1.807) is 12.3 Å². The number of nitrogens with zero attached hydrogens (tertiary/aromatic N) is 2. The maximum atomic E-state index is 9.99. The van der Waals surface area contributed by atoms with Crippen LogP contribution in [0.5, 0.6) is 0 Å². The van der Waals surface area contributed by atoms with Gasteiger partial charge in [0, 0.05) is 25.8 Å².